The number of hydrogen-bond acceptors (Lipinski definition) is 5. The Morgan fingerprint density at radius 3 is 2.54 bits per heavy atom. The van der Waals surface area contributed by atoms with E-state index in [9.17, 15) is 4.79 Å². The van der Waals surface area contributed by atoms with Crippen LogP contribution in [-0.2, 0) is 11.8 Å². The van der Waals surface area contributed by atoms with Crippen molar-refractivity contribution in [3.05, 3.63) is 42.0 Å². The van der Waals surface area contributed by atoms with Gasteiger partial charge in [-0.2, -0.15) is 0 Å². The smallest absolute Gasteiger partial charge is 0.255 e. The van der Waals surface area contributed by atoms with Crippen LogP contribution in [-0.4, -0.2) is 65.0 Å². The molecule has 2 saturated heterocycles. The summed E-state index contributed by atoms with van der Waals surface area (Å²) in [5.74, 6) is 1.52. The number of likely N-dealkylation sites (tertiary alicyclic amines) is 1. The van der Waals surface area contributed by atoms with Gasteiger partial charge in [0.05, 0.1) is 18.8 Å². The van der Waals surface area contributed by atoms with Gasteiger partial charge < -0.3 is 19.1 Å². The Morgan fingerprint density at radius 2 is 1.85 bits per heavy atom. The zero-order valence-electron chi connectivity index (χ0n) is 15.2. The van der Waals surface area contributed by atoms with Crippen LogP contribution < -0.4 is 4.90 Å². The summed E-state index contributed by atoms with van der Waals surface area (Å²) in [6.45, 7) is 4.61. The van der Waals surface area contributed by atoms with Crippen LogP contribution in [0.3, 0.4) is 0 Å². The predicted octanol–water partition coefficient (Wildman–Crippen LogP) is 1.67. The molecule has 7 heteroatoms. The summed E-state index contributed by atoms with van der Waals surface area (Å²) in [5.41, 5.74) is 1.82. The number of nitrogens with zero attached hydrogens (tertiary/aromatic N) is 5. The van der Waals surface area contributed by atoms with Gasteiger partial charge >= 0.3 is 0 Å². The summed E-state index contributed by atoms with van der Waals surface area (Å²) in [5, 5.41) is 8.21. The Bertz CT molecular complexity index is 761. The number of amides is 1. The molecule has 7 nitrogen and oxygen atoms in total. The number of carbonyl (C=O) groups excluding carboxylic acids is 1. The SMILES string of the molecule is Cn1cnnc1C1CCN(C(=O)c2ccccc2N2CCOCC2)CC1. The Morgan fingerprint density at radius 1 is 1.12 bits per heavy atom. The highest BCUT2D eigenvalue weighted by Crippen LogP contribution is 2.29. The van der Waals surface area contributed by atoms with Crippen LogP contribution in [0.1, 0.15) is 34.9 Å². The van der Waals surface area contributed by atoms with Crippen LogP contribution in [0.15, 0.2) is 30.6 Å². The van der Waals surface area contributed by atoms with Gasteiger partial charge in [0.15, 0.2) is 0 Å². The molecule has 0 N–H and O–H groups in total. The number of morpholine rings is 1. The molecule has 0 atom stereocenters. The maximum absolute atomic E-state index is 13.2. The number of aromatic nitrogens is 3. The molecule has 0 radical (unpaired) electrons. The molecule has 2 aliphatic heterocycles. The molecule has 1 aromatic heterocycles. The highest BCUT2D eigenvalue weighted by atomic mass is 16.5. The highest BCUT2D eigenvalue weighted by Gasteiger charge is 2.28. The first-order valence-electron chi connectivity index (χ1n) is 9.29. The van der Waals surface area contributed by atoms with Gasteiger partial charge in [-0.1, -0.05) is 12.1 Å². The van der Waals surface area contributed by atoms with Crippen molar-refractivity contribution in [2.24, 2.45) is 7.05 Å². The molecule has 2 aliphatic rings. The van der Waals surface area contributed by atoms with E-state index in [-0.39, 0.29) is 5.91 Å². The second-order valence-corrected chi connectivity index (χ2v) is 6.98. The van der Waals surface area contributed by atoms with Crippen LogP contribution in [0.4, 0.5) is 5.69 Å². The quantitative estimate of drug-likeness (QED) is 0.838. The summed E-state index contributed by atoms with van der Waals surface area (Å²) in [6, 6.07) is 7.94. The summed E-state index contributed by atoms with van der Waals surface area (Å²) in [4.78, 5) is 17.4. The molecule has 1 amide bonds. The summed E-state index contributed by atoms with van der Waals surface area (Å²) < 4.78 is 7.43. The van der Waals surface area contributed by atoms with E-state index in [0.29, 0.717) is 19.1 Å². The third-order valence-corrected chi connectivity index (χ3v) is 5.38. The summed E-state index contributed by atoms with van der Waals surface area (Å²) >= 11 is 0. The van der Waals surface area contributed by atoms with E-state index in [1.54, 1.807) is 6.33 Å². The van der Waals surface area contributed by atoms with E-state index in [1.807, 2.05) is 40.8 Å². The first kappa shape index (κ1) is 17.0. The van der Waals surface area contributed by atoms with E-state index in [4.69, 9.17) is 4.74 Å². The van der Waals surface area contributed by atoms with E-state index >= 15 is 0 Å². The summed E-state index contributed by atoms with van der Waals surface area (Å²) in [6.07, 6.45) is 3.60. The van der Waals surface area contributed by atoms with Gasteiger partial charge in [0, 0.05) is 44.8 Å². The van der Waals surface area contributed by atoms with Crippen molar-refractivity contribution in [2.75, 3.05) is 44.3 Å². The molecule has 0 spiro atoms. The third-order valence-electron chi connectivity index (χ3n) is 5.38. The summed E-state index contributed by atoms with van der Waals surface area (Å²) in [7, 11) is 1.98. The number of benzene rings is 1. The third kappa shape index (κ3) is 3.31. The number of carbonyl (C=O) groups is 1. The van der Waals surface area contributed by atoms with E-state index in [1.165, 1.54) is 0 Å². The topological polar surface area (TPSA) is 63.5 Å². The number of aryl methyl sites for hydroxylation is 1. The Balaban J connectivity index is 1.46. The molecule has 0 unspecified atom stereocenters. The molecule has 1 aromatic carbocycles. The maximum Gasteiger partial charge on any atom is 0.255 e. The zero-order valence-corrected chi connectivity index (χ0v) is 15.2. The predicted molar refractivity (Wildman–Crippen MR) is 98.4 cm³/mol. The maximum atomic E-state index is 13.2. The van der Waals surface area contributed by atoms with E-state index in [0.717, 1.165) is 56.1 Å². The fourth-order valence-electron chi connectivity index (χ4n) is 3.91. The van der Waals surface area contributed by atoms with E-state index in [2.05, 4.69) is 15.1 Å². The molecule has 4 rings (SSSR count). The molecule has 0 aliphatic carbocycles. The molecule has 138 valence electrons. The van der Waals surface area contributed by atoms with Gasteiger partial charge in [0.25, 0.3) is 5.91 Å². The molecule has 0 saturated carbocycles. The Kier molecular flexibility index (Phi) is 4.88. The van der Waals surface area contributed by atoms with Crippen molar-refractivity contribution in [3.8, 4) is 0 Å². The number of anilines is 1. The number of piperidine rings is 1. The average Bonchev–Trinajstić information content (AvgIpc) is 3.14. The van der Waals surface area contributed by atoms with Gasteiger partial charge in [-0.15, -0.1) is 10.2 Å². The fraction of sp³-hybridized carbons (Fsp3) is 0.526. The van der Waals surface area contributed by atoms with Crippen molar-refractivity contribution >= 4 is 11.6 Å². The molecule has 26 heavy (non-hydrogen) atoms. The Hall–Kier alpha value is -2.41. The second-order valence-electron chi connectivity index (χ2n) is 6.98. The van der Waals surface area contributed by atoms with Gasteiger partial charge in [-0.25, -0.2) is 0 Å². The number of rotatable bonds is 3. The minimum atomic E-state index is 0.128. The lowest BCUT2D eigenvalue weighted by atomic mass is 9.95. The molecule has 3 heterocycles. The van der Waals surface area contributed by atoms with Crippen LogP contribution in [0, 0.1) is 0 Å². The second kappa shape index (κ2) is 7.45. The number of hydrogen-bond donors (Lipinski definition) is 0. The van der Waals surface area contributed by atoms with Crippen molar-refractivity contribution < 1.29 is 9.53 Å². The van der Waals surface area contributed by atoms with Crippen molar-refractivity contribution in [1.29, 1.82) is 0 Å². The molecule has 2 fully saturated rings. The Labute approximate surface area is 153 Å². The van der Waals surface area contributed by atoms with E-state index < -0.39 is 0 Å². The van der Waals surface area contributed by atoms with Crippen LogP contribution in [0.5, 0.6) is 0 Å². The first-order valence-corrected chi connectivity index (χ1v) is 9.29. The lowest BCUT2D eigenvalue weighted by Gasteiger charge is -2.34. The van der Waals surface area contributed by atoms with Crippen molar-refractivity contribution in [2.45, 2.75) is 18.8 Å². The van der Waals surface area contributed by atoms with Gasteiger partial charge in [0.1, 0.15) is 12.2 Å². The number of ether oxygens (including phenoxy) is 1. The highest BCUT2D eigenvalue weighted by molar-refractivity contribution is 5.99. The standard InChI is InChI=1S/C19H25N5O2/c1-22-14-20-21-18(22)15-6-8-24(9-7-15)19(25)16-4-2-3-5-17(16)23-10-12-26-13-11-23/h2-5,14-15H,6-13H2,1H3. The van der Waals surface area contributed by atoms with Crippen LogP contribution in [0.2, 0.25) is 0 Å². The molecule has 2 aromatic rings. The molecule has 0 bridgehead atoms. The minimum Gasteiger partial charge on any atom is -0.378 e. The molecular weight excluding hydrogens is 330 g/mol. The lowest BCUT2D eigenvalue weighted by Crippen LogP contribution is -2.41. The van der Waals surface area contributed by atoms with Gasteiger partial charge in [-0.05, 0) is 25.0 Å². The fourth-order valence-corrected chi connectivity index (χ4v) is 3.91. The van der Waals surface area contributed by atoms with Crippen molar-refractivity contribution in [3.63, 3.8) is 0 Å². The normalized spacial score (nSPS) is 19.0. The average molecular weight is 355 g/mol. The largest absolute Gasteiger partial charge is 0.378 e. The number of para-hydroxylation sites is 1. The molecular formula is C19H25N5O2. The first-order chi connectivity index (χ1) is 12.7. The lowest BCUT2D eigenvalue weighted by molar-refractivity contribution is 0.0710. The van der Waals surface area contributed by atoms with Gasteiger partial charge in [-0.3, -0.25) is 4.79 Å². The van der Waals surface area contributed by atoms with Crippen molar-refractivity contribution in [1.82, 2.24) is 19.7 Å². The van der Waals surface area contributed by atoms with Crippen LogP contribution in [0.25, 0.3) is 0 Å². The minimum absolute atomic E-state index is 0.128. The van der Waals surface area contributed by atoms with Gasteiger partial charge in [0.2, 0.25) is 0 Å². The zero-order chi connectivity index (χ0) is 17.9. The van der Waals surface area contributed by atoms with Crippen LogP contribution >= 0.6 is 0 Å². The monoisotopic (exact) mass is 355 g/mol.